The molecule has 30 heavy (non-hydrogen) atoms. The van der Waals surface area contributed by atoms with Crippen LogP contribution in [-0.4, -0.2) is 42.7 Å². The molecular formula is C20H21NO9. The van der Waals surface area contributed by atoms with E-state index < -0.39 is 34.7 Å². The molecule has 1 atom stereocenters. The Kier molecular flexibility index (Phi) is 6.43. The fourth-order valence-electron chi connectivity index (χ4n) is 2.42. The van der Waals surface area contributed by atoms with Crippen LogP contribution in [0, 0.1) is 5.92 Å². The van der Waals surface area contributed by atoms with Gasteiger partial charge >= 0.3 is 5.97 Å². The maximum absolute atomic E-state index is 12.1. The highest BCUT2D eigenvalue weighted by Crippen LogP contribution is 2.37. The Bertz CT molecular complexity index is 1150. The van der Waals surface area contributed by atoms with Gasteiger partial charge in [-0.2, -0.15) is 0 Å². The first-order valence-corrected chi connectivity index (χ1v) is 8.66. The number of phenolic OH excluding ortho intramolecular Hbond substituents is 4. The van der Waals surface area contributed by atoms with Crippen LogP contribution < -0.4 is 11.2 Å². The molecule has 10 nitrogen and oxygen atoms in total. The number of phenols is 4. The van der Waals surface area contributed by atoms with Crippen LogP contribution in [0.15, 0.2) is 39.5 Å². The summed E-state index contributed by atoms with van der Waals surface area (Å²) in [4.78, 5) is 22.2. The molecule has 10 heteroatoms. The fourth-order valence-corrected chi connectivity index (χ4v) is 2.42. The molecule has 0 amide bonds. The van der Waals surface area contributed by atoms with Crippen molar-refractivity contribution >= 4 is 16.9 Å². The number of benzene rings is 2. The Hall–Kier alpha value is -3.92. The molecule has 1 heterocycles. The predicted molar refractivity (Wildman–Crippen MR) is 107 cm³/mol. The number of fused-ring (bicyclic) bond motifs is 1. The smallest absolute Gasteiger partial charge is 0.320 e. The third-order valence-electron chi connectivity index (χ3n) is 4.18. The monoisotopic (exact) mass is 419 g/mol. The molecule has 0 saturated heterocycles. The summed E-state index contributed by atoms with van der Waals surface area (Å²) in [5, 5.41) is 55.9. The quantitative estimate of drug-likeness (QED) is 0.309. The second-order valence-corrected chi connectivity index (χ2v) is 6.76. The number of nitrogens with two attached hydrogens (primary N) is 1. The number of carboxylic acids is 1. The van der Waals surface area contributed by atoms with Crippen LogP contribution in [0.25, 0.3) is 22.3 Å². The Morgan fingerprint density at radius 1 is 0.967 bits per heavy atom. The van der Waals surface area contributed by atoms with Crippen molar-refractivity contribution in [2.75, 3.05) is 0 Å². The van der Waals surface area contributed by atoms with E-state index >= 15 is 0 Å². The number of aromatic hydroxyl groups is 5. The zero-order chi connectivity index (χ0) is 22.7. The van der Waals surface area contributed by atoms with Crippen molar-refractivity contribution in [2.45, 2.75) is 19.9 Å². The number of carboxylic acid groups (broad SMARTS) is 1. The fraction of sp³-hybridized carbons (Fsp3) is 0.200. The SMILES string of the molecule is CC(C)[C@H](N)C(=O)O.O=c1c(O)c(-c2ccc(O)c(O)c2)oc2cc(O)cc(O)c12. The molecule has 1 aromatic heterocycles. The molecule has 0 spiro atoms. The lowest BCUT2D eigenvalue weighted by atomic mass is 10.1. The topological polar surface area (TPSA) is 195 Å². The summed E-state index contributed by atoms with van der Waals surface area (Å²) in [5.74, 6) is -3.62. The van der Waals surface area contributed by atoms with E-state index in [2.05, 4.69) is 0 Å². The van der Waals surface area contributed by atoms with Crippen molar-refractivity contribution in [3.05, 3.63) is 40.6 Å². The van der Waals surface area contributed by atoms with Gasteiger partial charge in [-0.3, -0.25) is 9.59 Å². The zero-order valence-corrected chi connectivity index (χ0v) is 16.0. The van der Waals surface area contributed by atoms with Crippen LogP contribution in [0.5, 0.6) is 28.7 Å². The first-order chi connectivity index (χ1) is 13.9. The average molecular weight is 419 g/mol. The number of carbonyl (C=O) groups is 1. The maximum atomic E-state index is 12.1. The number of hydrogen-bond donors (Lipinski definition) is 7. The van der Waals surface area contributed by atoms with Crippen molar-refractivity contribution in [2.24, 2.45) is 11.7 Å². The van der Waals surface area contributed by atoms with Gasteiger partial charge < -0.3 is 40.8 Å². The summed E-state index contributed by atoms with van der Waals surface area (Å²) < 4.78 is 5.35. The van der Waals surface area contributed by atoms with Crippen LogP contribution >= 0.6 is 0 Å². The van der Waals surface area contributed by atoms with Crippen LogP contribution in [0.4, 0.5) is 0 Å². The second-order valence-electron chi connectivity index (χ2n) is 6.76. The Labute approximate surface area is 169 Å². The molecule has 3 rings (SSSR count). The predicted octanol–water partition coefficient (Wildman–Crippen LogP) is 2.04. The number of aliphatic carboxylic acids is 1. The van der Waals surface area contributed by atoms with Crippen LogP contribution in [0.3, 0.4) is 0 Å². The third-order valence-corrected chi connectivity index (χ3v) is 4.18. The molecule has 0 aliphatic rings. The summed E-state index contributed by atoms with van der Waals surface area (Å²) >= 11 is 0. The van der Waals surface area contributed by atoms with Gasteiger partial charge in [-0.15, -0.1) is 0 Å². The van der Waals surface area contributed by atoms with E-state index in [1.807, 2.05) is 0 Å². The highest BCUT2D eigenvalue weighted by atomic mass is 16.4. The van der Waals surface area contributed by atoms with Gasteiger partial charge in [0.25, 0.3) is 0 Å². The summed E-state index contributed by atoms with van der Waals surface area (Å²) in [6, 6.07) is 4.93. The summed E-state index contributed by atoms with van der Waals surface area (Å²) in [7, 11) is 0. The molecule has 0 radical (unpaired) electrons. The van der Waals surface area contributed by atoms with E-state index in [1.165, 1.54) is 6.07 Å². The first-order valence-electron chi connectivity index (χ1n) is 8.66. The van der Waals surface area contributed by atoms with Crippen molar-refractivity contribution in [3.63, 3.8) is 0 Å². The molecule has 0 aliphatic carbocycles. The molecule has 0 unspecified atom stereocenters. The third kappa shape index (κ3) is 4.55. The first kappa shape index (κ1) is 22.4. The molecule has 0 aliphatic heterocycles. The molecular weight excluding hydrogens is 398 g/mol. The van der Waals surface area contributed by atoms with Crippen LogP contribution in [0.2, 0.25) is 0 Å². The minimum atomic E-state index is -0.931. The minimum Gasteiger partial charge on any atom is -0.508 e. The highest BCUT2D eigenvalue weighted by Gasteiger charge is 2.19. The molecule has 160 valence electrons. The molecule has 0 bridgehead atoms. The van der Waals surface area contributed by atoms with Gasteiger partial charge in [0, 0.05) is 17.7 Å². The van der Waals surface area contributed by atoms with E-state index in [0.717, 1.165) is 24.3 Å². The molecule has 0 saturated carbocycles. The summed E-state index contributed by atoms with van der Waals surface area (Å²) in [6.07, 6.45) is 0. The second kappa shape index (κ2) is 8.62. The van der Waals surface area contributed by atoms with Gasteiger partial charge in [-0.1, -0.05) is 13.8 Å². The summed E-state index contributed by atoms with van der Waals surface area (Å²) in [6.45, 7) is 3.55. The largest absolute Gasteiger partial charge is 0.508 e. The standard InChI is InChI=1S/C15H10O7.C5H11NO2/c16-7-4-10(19)12-11(5-7)22-15(14(21)13(12)20)6-1-2-8(17)9(18)3-6;1-3(2)4(6)5(7)8/h1-5,16-19,21H;3-4H,6H2,1-2H3,(H,7,8)/t;4-/m.0/s1. The van der Waals surface area contributed by atoms with E-state index in [4.69, 9.17) is 15.3 Å². The molecule has 0 fully saturated rings. The van der Waals surface area contributed by atoms with Crippen molar-refractivity contribution < 1.29 is 39.9 Å². The van der Waals surface area contributed by atoms with Crippen molar-refractivity contribution in [3.8, 4) is 40.1 Å². The Balaban J connectivity index is 0.000000343. The van der Waals surface area contributed by atoms with Crippen molar-refractivity contribution in [1.29, 1.82) is 0 Å². The van der Waals surface area contributed by atoms with Crippen LogP contribution in [-0.2, 0) is 4.79 Å². The number of hydrogen-bond acceptors (Lipinski definition) is 9. The van der Waals surface area contributed by atoms with E-state index in [1.54, 1.807) is 13.8 Å². The summed E-state index contributed by atoms with van der Waals surface area (Å²) in [5.41, 5.74) is 4.27. The van der Waals surface area contributed by atoms with Gasteiger partial charge in [0.2, 0.25) is 11.2 Å². The van der Waals surface area contributed by atoms with Crippen molar-refractivity contribution in [1.82, 2.24) is 0 Å². The molecule has 2 aromatic carbocycles. The average Bonchev–Trinajstić information content (AvgIpc) is 2.66. The normalized spacial score (nSPS) is 11.7. The van der Waals surface area contributed by atoms with E-state index in [-0.39, 0.29) is 39.7 Å². The highest BCUT2D eigenvalue weighted by molar-refractivity contribution is 5.88. The zero-order valence-electron chi connectivity index (χ0n) is 16.0. The van der Waals surface area contributed by atoms with Gasteiger partial charge in [0.15, 0.2) is 17.3 Å². The molecule has 3 aromatic rings. The van der Waals surface area contributed by atoms with Gasteiger partial charge in [-0.25, -0.2) is 0 Å². The Morgan fingerprint density at radius 3 is 2.10 bits per heavy atom. The number of rotatable bonds is 3. The lowest BCUT2D eigenvalue weighted by Gasteiger charge is -2.08. The van der Waals surface area contributed by atoms with E-state index in [9.17, 15) is 35.1 Å². The van der Waals surface area contributed by atoms with E-state index in [0.29, 0.717) is 0 Å². The lowest BCUT2D eigenvalue weighted by molar-refractivity contribution is -0.139. The molecule has 8 N–H and O–H groups in total. The lowest BCUT2D eigenvalue weighted by Crippen LogP contribution is -2.34. The van der Waals surface area contributed by atoms with Gasteiger partial charge in [0.1, 0.15) is 28.5 Å². The van der Waals surface area contributed by atoms with Gasteiger partial charge in [0.05, 0.1) is 0 Å². The minimum absolute atomic E-state index is 0.0208. The van der Waals surface area contributed by atoms with Gasteiger partial charge in [-0.05, 0) is 24.1 Å². The van der Waals surface area contributed by atoms with Crippen LogP contribution in [0.1, 0.15) is 13.8 Å². The Morgan fingerprint density at radius 2 is 1.60 bits per heavy atom. The maximum Gasteiger partial charge on any atom is 0.320 e.